The zero-order chi connectivity index (χ0) is 17.2. The first-order valence-corrected chi connectivity index (χ1v) is 7.59. The lowest BCUT2D eigenvalue weighted by Gasteiger charge is -2.33. The Hall–Kier alpha value is -0.800. The first-order valence-electron chi connectivity index (χ1n) is 6.54. The summed E-state index contributed by atoms with van der Waals surface area (Å²) in [7, 11) is 1.54. The maximum Gasteiger partial charge on any atom is 0.459 e. The lowest BCUT2D eigenvalue weighted by atomic mass is 10.2. The Morgan fingerprint density at radius 1 is 1.05 bits per heavy atom. The van der Waals surface area contributed by atoms with E-state index in [1.807, 2.05) is 6.92 Å². The first kappa shape index (κ1) is 19.2. The summed E-state index contributed by atoms with van der Waals surface area (Å²) in [6.07, 6.45) is -1.52. The van der Waals surface area contributed by atoms with E-state index in [2.05, 4.69) is 0 Å². The molecule has 0 saturated carbocycles. The molecule has 0 aromatic rings. The predicted octanol–water partition coefficient (Wildman–Crippen LogP) is 4.35. The Morgan fingerprint density at radius 2 is 1.64 bits per heavy atom. The molecule has 0 fully saturated rings. The molecule has 1 unspecified atom stereocenters. The molecule has 0 saturated heterocycles. The van der Waals surface area contributed by atoms with Crippen LogP contribution in [0.2, 0.25) is 0 Å². The fourth-order valence-electron chi connectivity index (χ4n) is 1.79. The number of nitrogens with zero attached hydrogens (tertiary/aromatic N) is 2. The fourth-order valence-corrected chi connectivity index (χ4v) is 3.00. The fraction of sp³-hybridized carbons (Fsp3) is 0.833. The van der Waals surface area contributed by atoms with E-state index in [9.17, 15) is 30.7 Å². The summed E-state index contributed by atoms with van der Waals surface area (Å²) >= 11 is 0.360. The molecule has 0 bridgehead atoms. The molecular weight excluding hydrogens is 337 g/mol. The van der Waals surface area contributed by atoms with Crippen molar-refractivity contribution in [2.24, 2.45) is 0 Å². The SMILES string of the molecule is CCCCN1C=CN(C)C1SCC(F)(F)C(F)(F)C(F)(F)F. The third-order valence-electron chi connectivity index (χ3n) is 3.12. The minimum absolute atomic E-state index is 0.360. The van der Waals surface area contributed by atoms with Gasteiger partial charge in [0.05, 0.1) is 5.75 Å². The highest BCUT2D eigenvalue weighted by atomic mass is 32.2. The maximum atomic E-state index is 13.3. The van der Waals surface area contributed by atoms with Gasteiger partial charge in [0.25, 0.3) is 0 Å². The van der Waals surface area contributed by atoms with Crippen LogP contribution in [0.1, 0.15) is 19.8 Å². The normalized spacial score (nSPS) is 20.1. The molecule has 10 heteroatoms. The van der Waals surface area contributed by atoms with Gasteiger partial charge in [0.15, 0.2) is 0 Å². The van der Waals surface area contributed by atoms with Gasteiger partial charge < -0.3 is 9.80 Å². The lowest BCUT2D eigenvalue weighted by molar-refractivity contribution is -0.348. The van der Waals surface area contributed by atoms with Gasteiger partial charge in [-0.15, -0.1) is 11.8 Å². The summed E-state index contributed by atoms with van der Waals surface area (Å²) in [5.41, 5.74) is -0.721. The Labute approximate surface area is 128 Å². The molecule has 2 nitrogen and oxygen atoms in total. The van der Waals surface area contributed by atoms with Gasteiger partial charge in [-0.1, -0.05) is 13.3 Å². The molecule has 0 radical (unpaired) electrons. The van der Waals surface area contributed by atoms with Crippen LogP contribution in [0.3, 0.4) is 0 Å². The maximum absolute atomic E-state index is 13.3. The minimum atomic E-state index is -6.28. The topological polar surface area (TPSA) is 6.48 Å². The van der Waals surface area contributed by atoms with E-state index in [1.54, 1.807) is 24.3 Å². The average molecular weight is 354 g/mol. The summed E-state index contributed by atoms with van der Waals surface area (Å²) in [6, 6.07) is 0. The van der Waals surface area contributed by atoms with Gasteiger partial charge in [0, 0.05) is 26.0 Å². The van der Waals surface area contributed by atoms with Crippen LogP contribution in [0.15, 0.2) is 12.4 Å². The molecule has 0 aromatic heterocycles. The van der Waals surface area contributed by atoms with Crippen molar-refractivity contribution in [3.05, 3.63) is 12.4 Å². The second kappa shape index (κ2) is 6.76. The molecule has 1 aliphatic heterocycles. The summed E-state index contributed by atoms with van der Waals surface area (Å²) in [5, 5.41) is 0. The molecule has 1 heterocycles. The Bertz CT molecular complexity index is 397. The largest absolute Gasteiger partial charge is 0.459 e. The second-order valence-electron chi connectivity index (χ2n) is 4.97. The van der Waals surface area contributed by atoms with Crippen LogP contribution in [-0.2, 0) is 0 Å². The van der Waals surface area contributed by atoms with Crippen molar-refractivity contribution < 1.29 is 30.7 Å². The zero-order valence-corrected chi connectivity index (χ0v) is 12.8. The highest BCUT2D eigenvalue weighted by molar-refractivity contribution is 7.99. The molecular formula is C12H17F7N2S. The monoisotopic (exact) mass is 354 g/mol. The van der Waals surface area contributed by atoms with Gasteiger partial charge >= 0.3 is 18.0 Å². The standard InChI is InChI=1S/C12H17F7N2S/c1-3-4-5-21-7-6-20(2)9(21)22-8-10(13,14)11(15,16)12(17,18)19/h6-7,9H,3-5,8H2,1-2H3. The molecule has 0 amide bonds. The third-order valence-corrected chi connectivity index (χ3v) is 4.56. The van der Waals surface area contributed by atoms with Crippen molar-refractivity contribution in [1.29, 1.82) is 0 Å². The van der Waals surface area contributed by atoms with E-state index >= 15 is 0 Å². The molecule has 1 aliphatic rings. The van der Waals surface area contributed by atoms with Gasteiger partial charge in [-0.25, -0.2) is 0 Å². The number of thioether (sulfide) groups is 1. The second-order valence-corrected chi connectivity index (χ2v) is 6.01. The molecule has 0 N–H and O–H groups in total. The van der Waals surface area contributed by atoms with E-state index < -0.39 is 29.3 Å². The van der Waals surface area contributed by atoms with Crippen molar-refractivity contribution in [2.75, 3.05) is 19.3 Å². The van der Waals surface area contributed by atoms with Crippen molar-refractivity contribution in [2.45, 2.75) is 43.3 Å². The number of hydrogen-bond donors (Lipinski definition) is 0. The number of hydrogen-bond acceptors (Lipinski definition) is 3. The highest BCUT2D eigenvalue weighted by Crippen LogP contribution is 2.48. The van der Waals surface area contributed by atoms with E-state index in [1.165, 1.54) is 4.90 Å². The van der Waals surface area contributed by atoms with Crippen molar-refractivity contribution in [3.63, 3.8) is 0 Å². The van der Waals surface area contributed by atoms with Crippen molar-refractivity contribution >= 4 is 11.8 Å². The van der Waals surface area contributed by atoms with Crippen molar-refractivity contribution in [1.82, 2.24) is 9.80 Å². The zero-order valence-electron chi connectivity index (χ0n) is 12.0. The quantitative estimate of drug-likeness (QED) is 0.628. The van der Waals surface area contributed by atoms with Crippen LogP contribution in [0.5, 0.6) is 0 Å². The number of halogens is 7. The van der Waals surface area contributed by atoms with Gasteiger partial charge in [-0.05, 0) is 6.42 Å². The van der Waals surface area contributed by atoms with E-state index in [-0.39, 0.29) is 0 Å². The average Bonchev–Trinajstić information content (AvgIpc) is 2.73. The van der Waals surface area contributed by atoms with Crippen LogP contribution in [0.25, 0.3) is 0 Å². The summed E-state index contributed by atoms with van der Waals surface area (Å²) < 4.78 is 88.5. The summed E-state index contributed by atoms with van der Waals surface area (Å²) in [4.78, 5) is 3.12. The Morgan fingerprint density at radius 3 is 2.14 bits per heavy atom. The van der Waals surface area contributed by atoms with Crippen LogP contribution < -0.4 is 0 Å². The van der Waals surface area contributed by atoms with Crippen LogP contribution in [0, 0.1) is 0 Å². The van der Waals surface area contributed by atoms with E-state index in [4.69, 9.17) is 0 Å². The highest BCUT2D eigenvalue weighted by Gasteiger charge is 2.72. The summed E-state index contributed by atoms with van der Waals surface area (Å²) in [5.74, 6) is -12.8. The molecule has 1 rings (SSSR count). The van der Waals surface area contributed by atoms with Crippen LogP contribution >= 0.6 is 11.8 Å². The molecule has 0 aromatic carbocycles. The van der Waals surface area contributed by atoms with Crippen LogP contribution in [-0.4, -0.2) is 52.7 Å². The van der Waals surface area contributed by atoms with Gasteiger partial charge in [0.1, 0.15) is 5.50 Å². The molecule has 0 spiro atoms. The number of rotatable bonds is 7. The molecule has 130 valence electrons. The van der Waals surface area contributed by atoms with Crippen LogP contribution in [0.4, 0.5) is 30.7 Å². The van der Waals surface area contributed by atoms with Gasteiger partial charge in [-0.3, -0.25) is 0 Å². The molecule has 0 aliphatic carbocycles. The Balaban J connectivity index is 2.71. The van der Waals surface area contributed by atoms with E-state index in [0.29, 0.717) is 18.3 Å². The molecule has 1 atom stereocenters. The smallest absolute Gasteiger partial charge is 0.351 e. The van der Waals surface area contributed by atoms with E-state index in [0.717, 1.165) is 12.8 Å². The summed E-state index contributed by atoms with van der Waals surface area (Å²) in [6.45, 7) is 2.43. The lowest BCUT2D eigenvalue weighted by Crippen LogP contribution is -2.53. The van der Waals surface area contributed by atoms with Gasteiger partial charge in [-0.2, -0.15) is 30.7 Å². The molecule has 22 heavy (non-hydrogen) atoms. The minimum Gasteiger partial charge on any atom is -0.351 e. The van der Waals surface area contributed by atoms with Crippen molar-refractivity contribution in [3.8, 4) is 0 Å². The Kier molecular flexibility index (Phi) is 5.91. The number of alkyl halides is 7. The third kappa shape index (κ3) is 3.94. The van der Waals surface area contributed by atoms with Gasteiger partial charge in [0.2, 0.25) is 0 Å². The number of unbranched alkanes of at least 4 members (excludes halogenated alkanes) is 1. The first-order chi connectivity index (χ1) is 9.94. The predicted molar refractivity (Wildman–Crippen MR) is 70.7 cm³/mol.